The summed E-state index contributed by atoms with van der Waals surface area (Å²) in [6.45, 7) is 3.22. The van der Waals surface area contributed by atoms with E-state index >= 15 is 0 Å². The monoisotopic (exact) mass is 401 g/mol. The summed E-state index contributed by atoms with van der Waals surface area (Å²) in [5.74, 6) is -1.32. The first-order chi connectivity index (χ1) is 13.8. The Bertz CT molecular complexity index is 918. The van der Waals surface area contributed by atoms with Gasteiger partial charge in [0.25, 0.3) is 5.91 Å². The number of nitrogens with one attached hydrogen (secondary N) is 3. The molecule has 29 heavy (non-hydrogen) atoms. The van der Waals surface area contributed by atoms with Crippen molar-refractivity contribution in [3.63, 3.8) is 0 Å². The lowest BCUT2D eigenvalue weighted by Crippen LogP contribution is -2.43. The normalized spacial score (nSPS) is 15.0. The zero-order chi connectivity index (χ0) is 21.0. The Kier molecular flexibility index (Phi) is 6.31. The van der Waals surface area contributed by atoms with Crippen LogP contribution in [-0.2, 0) is 9.59 Å². The third kappa shape index (κ3) is 5.01. The molecule has 154 valence electrons. The minimum absolute atomic E-state index is 0.0377. The quantitative estimate of drug-likeness (QED) is 0.688. The summed E-state index contributed by atoms with van der Waals surface area (Å²) in [7, 11) is 0. The highest BCUT2D eigenvalue weighted by Crippen LogP contribution is 2.25. The first-order valence-electron chi connectivity index (χ1n) is 9.61. The lowest BCUT2D eigenvalue weighted by Gasteiger charge is -2.17. The first kappa shape index (κ1) is 20.6. The fourth-order valence-corrected chi connectivity index (χ4v) is 3.34. The number of carbonyl (C=O) groups is 3. The van der Waals surface area contributed by atoms with E-state index in [9.17, 15) is 18.8 Å². The van der Waals surface area contributed by atoms with Crippen LogP contribution >= 0.6 is 0 Å². The molecule has 0 radical (unpaired) electrons. The fourth-order valence-electron chi connectivity index (χ4n) is 3.34. The molecule has 1 aliphatic carbocycles. The predicted molar refractivity (Wildman–Crippen MR) is 106 cm³/mol. The Hall–Kier alpha value is -3.16. The van der Waals surface area contributed by atoms with Gasteiger partial charge in [-0.25, -0.2) is 4.39 Å². The van der Waals surface area contributed by atoms with E-state index in [1.807, 2.05) is 0 Å². The molecule has 3 amide bonds. The molecule has 0 spiro atoms. The number of anilines is 2. The minimum atomic E-state index is -0.736. The van der Waals surface area contributed by atoms with Crippen molar-refractivity contribution >= 4 is 29.1 Å². The largest absolute Gasteiger partial charge is 0.469 e. The SMILES string of the molecule is Cc1occc1C(=O)Nc1cc(NC(=O)[C@@H](C)NC(=O)C2CCCC2)ccc1F. The summed E-state index contributed by atoms with van der Waals surface area (Å²) in [6.07, 6.45) is 5.12. The number of benzene rings is 1. The van der Waals surface area contributed by atoms with Gasteiger partial charge in [0, 0.05) is 11.6 Å². The molecule has 1 saturated carbocycles. The van der Waals surface area contributed by atoms with Crippen molar-refractivity contribution in [1.29, 1.82) is 0 Å². The molecule has 1 aromatic heterocycles. The topological polar surface area (TPSA) is 100 Å². The van der Waals surface area contributed by atoms with E-state index in [-0.39, 0.29) is 17.5 Å². The second kappa shape index (κ2) is 8.89. The lowest BCUT2D eigenvalue weighted by atomic mass is 10.1. The molecule has 0 saturated heterocycles. The summed E-state index contributed by atoms with van der Waals surface area (Å²) in [6, 6.07) is 4.61. The van der Waals surface area contributed by atoms with Crippen molar-refractivity contribution < 1.29 is 23.2 Å². The van der Waals surface area contributed by atoms with E-state index in [0.29, 0.717) is 17.0 Å². The van der Waals surface area contributed by atoms with Gasteiger partial charge in [0.15, 0.2) is 0 Å². The van der Waals surface area contributed by atoms with Crippen LogP contribution in [0.2, 0.25) is 0 Å². The van der Waals surface area contributed by atoms with Gasteiger partial charge in [-0.15, -0.1) is 0 Å². The number of carbonyl (C=O) groups excluding carboxylic acids is 3. The molecule has 3 N–H and O–H groups in total. The Morgan fingerprint density at radius 1 is 1.14 bits per heavy atom. The molecule has 2 aromatic rings. The van der Waals surface area contributed by atoms with Crippen molar-refractivity contribution in [1.82, 2.24) is 5.32 Å². The maximum Gasteiger partial charge on any atom is 0.259 e. The maximum absolute atomic E-state index is 14.1. The van der Waals surface area contributed by atoms with Gasteiger partial charge < -0.3 is 20.4 Å². The van der Waals surface area contributed by atoms with E-state index in [4.69, 9.17) is 4.42 Å². The van der Waals surface area contributed by atoms with E-state index in [1.165, 1.54) is 24.5 Å². The Morgan fingerprint density at radius 3 is 2.52 bits per heavy atom. The molecule has 7 nitrogen and oxygen atoms in total. The average Bonchev–Trinajstić information content (AvgIpc) is 3.36. The van der Waals surface area contributed by atoms with Gasteiger partial charge in [0.05, 0.1) is 17.5 Å². The van der Waals surface area contributed by atoms with Crippen molar-refractivity contribution in [3.8, 4) is 0 Å². The fraction of sp³-hybridized carbons (Fsp3) is 0.381. The Balaban J connectivity index is 1.62. The number of furan rings is 1. The van der Waals surface area contributed by atoms with Gasteiger partial charge in [-0.2, -0.15) is 0 Å². The van der Waals surface area contributed by atoms with Gasteiger partial charge >= 0.3 is 0 Å². The number of aryl methyl sites for hydroxylation is 1. The van der Waals surface area contributed by atoms with Crippen LogP contribution in [0.15, 0.2) is 34.9 Å². The standard InChI is InChI=1S/C21H24FN3O4/c1-12(23-20(27)14-5-3-4-6-14)19(26)24-15-7-8-17(22)18(11-15)25-21(28)16-9-10-29-13(16)2/h7-12,14H,3-6H2,1-2H3,(H,23,27)(H,24,26)(H,25,28)/t12-/m1/s1. The maximum atomic E-state index is 14.1. The lowest BCUT2D eigenvalue weighted by molar-refractivity contribution is -0.128. The van der Waals surface area contributed by atoms with Gasteiger partial charge in [-0.1, -0.05) is 12.8 Å². The smallest absolute Gasteiger partial charge is 0.259 e. The highest BCUT2D eigenvalue weighted by Gasteiger charge is 2.25. The molecular weight excluding hydrogens is 377 g/mol. The van der Waals surface area contributed by atoms with Crippen molar-refractivity contribution in [2.75, 3.05) is 10.6 Å². The van der Waals surface area contributed by atoms with Gasteiger partial charge in [-0.3, -0.25) is 14.4 Å². The number of hydrogen-bond donors (Lipinski definition) is 3. The molecule has 0 unspecified atom stereocenters. The number of amides is 3. The predicted octanol–water partition coefficient (Wildman–Crippen LogP) is 3.61. The Labute approximate surface area is 168 Å². The van der Waals surface area contributed by atoms with Crippen LogP contribution in [-0.4, -0.2) is 23.8 Å². The Morgan fingerprint density at radius 2 is 1.86 bits per heavy atom. The summed E-state index contributed by atoms with van der Waals surface area (Å²) in [5.41, 5.74) is 0.524. The zero-order valence-electron chi connectivity index (χ0n) is 16.4. The van der Waals surface area contributed by atoms with E-state index in [1.54, 1.807) is 13.8 Å². The third-order valence-corrected chi connectivity index (χ3v) is 5.06. The van der Waals surface area contributed by atoms with Crippen molar-refractivity contribution in [2.45, 2.75) is 45.6 Å². The first-order valence-corrected chi connectivity index (χ1v) is 9.61. The number of rotatable bonds is 6. The zero-order valence-corrected chi connectivity index (χ0v) is 16.4. The number of hydrogen-bond acceptors (Lipinski definition) is 4. The summed E-state index contributed by atoms with van der Waals surface area (Å²) < 4.78 is 19.2. The van der Waals surface area contributed by atoms with Crippen molar-refractivity contribution in [3.05, 3.63) is 47.7 Å². The van der Waals surface area contributed by atoms with Crippen LogP contribution in [0.1, 0.15) is 48.7 Å². The summed E-state index contributed by atoms with van der Waals surface area (Å²) in [5, 5.41) is 7.82. The van der Waals surface area contributed by atoms with Gasteiger partial charge in [-0.05, 0) is 51.0 Å². The van der Waals surface area contributed by atoms with Crippen LogP contribution in [0.5, 0.6) is 0 Å². The highest BCUT2D eigenvalue weighted by molar-refractivity contribution is 6.05. The molecule has 1 atom stereocenters. The average molecular weight is 401 g/mol. The molecule has 8 heteroatoms. The third-order valence-electron chi connectivity index (χ3n) is 5.06. The van der Waals surface area contributed by atoms with E-state index < -0.39 is 23.7 Å². The summed E-state index contributed by atoms with van der Waals surface area (Å²) in [4.78, 5) is 36.8. The van der Waals surface area contributed by atoms with E-state index in [0.717, 1.165) is 31.7 Å². The second-order valence-electron chi connectivity index (χ2n) is 7.24. The molecule has 1 heterocycles. The molecule has 1 aliphatic rings. The van der Waals surface area contributed by atoms with E-state index in [2.05, 4.69) is 16.0 Å². The molecule has 1 aromatic carbocycles. The van der Waals surface area contributed by atoms with Gasteiger partial charge in [0.1, 0.15) is 17.6 Å². The van der Waals surface area contributed by atoms with Gasteiger partial charge in [0.2, 0.25) is 11.8 Å². The number of halogens is 1. The van der Waals surface area contributed by atoms with Crippen LogP contribution in [0, 0.1) is 18.7 Å². The van der Waals surface area contributed by atoms with Crippen LogP contribution in [0.3, 0.4) is 0 Å². The summed E-state index contributed by atoms with van der Waals surface area (Å²) >= 11 is 0. The van der Waals surface area contributed by atoms with Crippen LogP contribution in [0.25, 0.3) is 0 Å². The second-order valence-corrected chi connectivity index (χ2v) is 7.24. The molecular formula is C21H24FN3O4. The molecule has 1 fully saturated rings. The minimum Gasteiger partial charge on any atom is -0.469 e. The molecule has 3 rings (SSSR count). The highest BCUT2D eigenvalue weighted by atomic mass is 19.1. The van der Waals surface area contributed by atoms with Crippen LogP contribution < -0.4 is 16.0 Å². The van der Waals surface area contributed by atoms with Crippen LogP contribution in [0.4, 0.5) is 15.8 Å². The van der Waals surface area contributed by atoms with Crippen molar-refractivity contribution in [2.24, 2.45) is 5.92 Å². The molecule has 0 aliphatic heterocycles. The molecule has 0 bridgehead atoms.